The van der Waals surface area contributed by atoms with E-state index in [1.54, 1.807) is 24.3 Å². The van der Waals surface area contributed by atoms with E-state index >= 15 is 0 Å². The molecule has 0 saturated carbocycles. The summed E-state index contributed by atoms with van der Waals surface area (Å²) in [6.07, 6.45) is 1.84. The molecule has 0 saturated heterocycles. The number of aromatic nitrogens is 1. The van der Waals surface area contributed by atoms with Gasteiger partial charge in [0.05, 0.1) is 30.6 Å². The molecule has 0 aliphatic carbocycles. The van der Waals surface area contributed by atoms with Crippen LogP contribution in [-0.4, -0.2) is 9.67 Å². The third kappa shape index (κ3) is 2.57. The molecule has 108 valence electrons. The maximum absolute atomic E-state index is 12.5. The number of hydrogen-bond donors (Lipinski definition) is 1. The minimum atomic E-state index is -0.130. The van der Waals surface area contributed by atoms with Crippen molar-refractivity contribution in [2.24, 2.45) is 0 Å². The van der Waals surface area contributed by atoms with Gasteiger partial charge in [-0.05, 0) is 17.2 Å². The number of fused-ring (bicyclic) bond motifs is 1. The van der Waals surface area contributed by atoms with E-state index in [4.69, 9.17) is 5.26 Å². The van der Waals surface area contributed by atoms with Crippen LogP contribution in [0.1, 0.15) is 11.1 Å². The van der Waals surface area contributed by atoms with Crippen molar-refractivity contribution in [1.82, 2.24) is 4.57 Å². The van der Waals surface area contributed by atoms with Gasteiger partial charge < -0.3 is 9.67 Å². The number of nitrogens with zero attached hydrogens (tertiary/aromatic N) is 2. The second kappa shape index (κ2) is 5.74. The molecule has 0 atom stereocenters. The fourth-order valence-corrected chi connectivity index (χ4v) is 2.49. The average molecular weight is 290 g/mol. The molecule has 0 aliphatic rings. The molecule has 0 aliphatic heterocycles. The van der Waals surface area contributed by atoms with Crippen LogP contribution in [0.15, 0.2) is 59.5 Å². The molecule has 3 rings (SSSR count). The molecule has 0 spiro atoms. The number of rotatable bonds is 3. The van der Waals surface area contributed by atoms with E-state index in [9.17, 15) is 9.90 Å². The molecule has 0 unspecified atom stereocenters. The van der Waals surface area contributed by atoms with Crippen LogP contribution in [0.4, 0.5) is 0 Å². The second-order valence-corrected chi connectivity index (χ2v) is 5.14. The summed E-state index contributed by atoms with van der Waals surface area (Å²) in [6.45, 7) is 0.379. The third-order valence-electron chi connectivity index (χ3n) is 3.63. The van der Waals surface area contributed by atoms with E-state index in [0.29, 0.717) is 23.7 Å². The molecule has 3 aromatic rings. The first-order valence-electron chi connectivity index (χ1n) is 6.95. The molecule has 4 nitrogen and oxygen atoms in total. The largest absolute Gasteiger partial charge is 0.506 e. The van der Waals surface area contributed by atoms with Crippen LogP contribution in [0.25, 0.3) is 10.8 Å². The van der Waals surface area contributed by atoms with Crippen LogP contribution in [-0.2, 0) is 13.0 Å². The molecule has 22 heavy (non-hydrogen) atoms. The standard InChI is InChI=1S/C18H14N2O2/c19-10-9-13-5-7-14(8-6-13)11-20-12-17(21)15-3-1-2-4-16(15)18(20)22/h1-8,12,21H,9,11H2. The Kier molecular flexibility index (Phi) is 3.63. The molecule has 1 N–H and O–H groups in total. The smallest absolute Gasteiger partial charge is 0.258 e. The number of nitriles is 1. The fourth-order valence-electron chi connectivity index (χ4n) is 2.49. The van der Waals surface area contributed by atoms with Crippen molar-refractivity contribution in [1.29, 1.82) is 5.26 Å². The average Bonchev–Trinajstić information content (AvgIpc) is 2.54. The molecule has 0 amide bonds. The highest BCUT2D eigenvalue weighted by Crippen LogP contribution is 2.21. The zero-order valence-electron chi connectivity index (χ0n) is 11.9. The van der Waals surface area contributed by atoms with Crippen molar-refractivity contribution in [2.75, 3.05) is 0 Å². The van der Waals surface area contributed by atoms with Gasteiger partial charge in [0.25, 0.3) is 5.56 Å². The Morgan fingerprint density at radius 2 is 1.64 bits per heavy atom. The lowest BCUT2D eigenvalue weighted by Gasteiger charge is -2.09. The Labute approximate surface area is 127 Å². The van der Waals surface area contributed by atoms with Gasteiger partial charge in [0.15, 0.2) is 0 Å². The van der Waals surface area contributed by atoms with Gasteiger partial charge in [0.1, 0.15) is 5.75 Å². The monoisotopic (exact) mass is 290 g/mol. The Balaban J connectivity index is 1.99. The SMILES string of the molecule is N#CCc1ccc(Cn2cc(O)c3ccccc3c2=O)cc1. The predicted molar refractivity (Wildman–Crippen MR) is 84.7 cm³/mol. The van der Waals surface area contributed by atoms with Crippen LogP contribution < -0.4 is 5.56 Å². The summed E-state index contributed by atoms with van der Waals surface area (Å²) >= 11 is 0. The van der Waals surface area contributed by atoms with Gasteiger partial charge in [-0.15, -0.1) is 0 Å². The van der Waals surface area contributed by atoms with Crippen LogP contribution in [0.3, 0.4) is 0 Å². The fraction of sp³-hybridized carbons (Fsp3) is 0.111. The minimum absolute atomic E-state index is 0.0938. The highest BCUT2D eigenvalue weighted by molar-refractivity contribution is 5.86. The summed E-state index contributed by atoms with van der Waals surface area (Å²) in [6, 6.07) is 16.7. The molecule has 0 bridgehead atoms. The van der Waals surface area contributed by atoms with Gasteiger partial charge in [-0.2, -0.15) is 5.26 Å². The zero-order valence-corrected chi connectivity index (χ0v) is 11.9. The van der Waals surface area contributed by atoms with Gasteiger partial charge in [-0.3, -0.25) is 4.79 Å². The highest BCUT2D eigenvalue weighted by atomic mass is 16.3. The normalized spacial score (nSPS) is 10.5. The van der Waals surface area contributed by atoms with Gasteiger partial charge in [0.2, 0.25) is 0 Å². The molecule has 0 fully saturated rings. The Morgan fingerprint density at radius 3 is 2.32 bits per heavy atom. The van der Waals surface area contributed by atoms with Crippen LogP contribution in [0.5, 0.6) is 5.75 Å². The molecule has 1 heterocycles. The quantitative estimate of drug-likeness (QED) is 0.806. The number of hydrogen-bond acceptors (Lipinski definition) is 3. The molecular formula is C18H14N2O2. The zero-order chi connectivity index (χ0) is 15.5. The number of aromatic hydroxyl groups is 1. The summed E-state index contributed by atoms with van der Waals surface area (Å²) in [7, 11) is 0. The Morgan fingerprint density at radius 1 is 1.00 bits per heavy atom. The van der Waals surface area contributed by atoms with Crippen molar-refractivity contribution >= 4 is 10.8 Å². The van der Waals surface area contributed by atoms with Gasteiger partial charge >= 0.3 is 0 Å². The van der Waals surface area contributed by atoms with E-state index in [1.807, 2.05) is 24.3 Å². The van der Waals surface area contributed by atoms with Gasteiger partial charge in [-0.1, -0.05) is 42.5 Å². The van der Waals surface area contributed by atoms with Crippen molar-refractivity contribution in [3.05, 3.63) is 76.2 Å². The third-order valence-corrected chi connectivity index (χ3v) is 3.63. The van der Waals surface area contributed by atoms with Crippen molar-refractivity contribution in [3.8, 4) is 11.8 Å². The first-order valence-corrected chi connectivity index (χ1v) is 6.95. The van der Waals surface area contributed by atoms with E-state index in [-0.39, 0.29) is 11.3 Å². The van der Waals surface area contributed by atoms with Gasteiger partial charge in [0, 0.05) is 5.39 Å². The Bertz CT molecular complexity index is 918. The minimum Gasteiger partial charge on any atom is -0.506 e. The predicted octanol–water partition coefficient (Wildman–Crippen LogP) is 2.82. The lowest BCUT2D eigenvalue weighted by Crippen LogP contribution is -2.20. The first kappa shape index (κ1) is 13.9. The van der Waals surface area contributed by atoms with Crippen LogP contribution in [0, 0.1) is 11.3 Å². The summed E-state index contributed by atoms with van der Waals surface area (Å²) in [4.78, 5) is 12.5. The van der Waals surface area contributed by atoms with Crippen molar-refractivity contribution in [2.45, 2.75) is 13.0 Å². The summed E-state index contributed by atoms with van der Waals surface area (Å²) < 4.78 is 1.50. The highest BCUT2D eigenvalue weighted by Gasteiger charge is 2.07. The summed E-state index contributed by atoms with van der Waals surface area (Å²) in [5.41, 5.74) is 1.76. The van der Waals surface area contributed by atoms with E-state index in [2.05, 4.69) is 6.07 Å². The molecule has 4 heteroatoms. The topological polar surface area (TPSA) is 66.0 Å². The number of pyridine rings is 1. The number of benzene rings is 2. The molecule has 1 aromatic heterocycles. The van der Waals surface area contributed by atoms with Crippen LogP contribution >= 0.6 is 0 Å². The van der Waals surface area contributed by atoms with Crippen LogP contribution in [0.2, 0.25) is 0 Å². The van der Waals surface area contributed by atoms with Crippen molar-refractivity contribution < 1.29 is 5.11 Å². The van der Waals surface area contributed by atoms with E-state index in [0.717, 1.165) is 11.1 Å². The molecule has 0 radical (unpaired) electrons. The van der Waals surface area contributed by atoms with E-state index in [1.165, 1.54) is 10.8 Å². The lowest BCUT2D eigenvalue weighted by molar-refractivity contribution is 0.473. The Hall–Kier alpha value is -3.06. The second-order valence-electron chi connectivity index (χ2n) is 5.14. The first-order chi connectivity index (χ1) is 10.7. The van der Waals surface area contributed by atoms with E-state index < -0.39 is 0 Å². The van der Waals surface area contributed by atoms with Crippen molar-refractivity contribution in [3.63, 3.8) is 0 Å². The maximum Gasteiger partial charge on any atom is 0.258 e. The molecular weight excluding hydrogens is 276 g/mol. The summed E-state index contributed by atoms with van der Waals surface area (Å²) in [5, 5.41) is 19.8. The molecule has 2 aromatic carbocycles. The maximum atomic E-state index is 12.5. The van der Waals surface area contributed by atoms with Gasteiger partial charge in [-0.25, -0.2) is 0 Å². The lowest BCUT2D eigenvalue weighted by atomic mass is 10.1. The summed E-state index contributed by atoms with van der Waals surface area (Å²) in [5.74, 6) is 0.0938.